The van der Waals surface area contributed by atoms with Crippen molar-refractivity contribution in [3.63, 3.8) is 0 Å². The molecule has 0 aliphatic heterocycles. The number of rotatable bonds is 8. The molecule has 0 aliphatic carbocycles. The first kappa shape index (κ1) is 27.8. The van der Waals surface area contributed by atoms with Gasteiger partial charge in [0.1, 0.15) is 11.4 Å². The molecular formula is C27H29F4N7O. The van der Waals surface area contributed by atoms with Gasteiger partial charge in [-0.25, -0.2) is 14.4 Å². The third kappa shape index (κ3) is 6.11. The molecule has 8 nitrogen and oxygen atoms in total. The van der Waals surface area contributed by atoms with Gasteiger partial charge < -0.3 is 25.0 Å². The van der Waals surface area contributed by atoms with Crippen molar-refractivity contribution >= 4 is 39.8 Å². The molecule has 39 heavy (non-hydrogen) atoms. The number of hydrogen-bond acceptors (Lipinski definition) is 6. The Bertz CT molecular complexity index is 1510. The second-order valence-corrected chi connectivity index (χ2v) is 9.51. The van der Waals surface area contributed by atoms with E-state index in [-0.39, 0.29) is 28.6 Å². The van der Waals surface area contributed by atoms with E-state index in [1.54, 1.807) is 31.3 Å². The van der Waals surface area contributed by atoms with Gasteiger partial charge in [-0.3, -0.25) is 4.79 Å². The predicted molar refractivity (Wildman–Crippen MR) is 145 cm³/mol. The number of anilines is 4. The van der Waals surface area contributed by atoms with Crippen LogP contribution in [0.5, 0.6) is 0 Å². The lowest BCUT2D eigenvalue weighted by Crippen LogP contribution is -2.29. The number of likely N-dealkylation sites (N-methyl/N-ethyl adjacent to an activating group) is 2. The van der Waals surface area contributed by atoms with Crippen LogP contribution in [0.1, 0.15) is 12.5 Å². The summed E-state index contributed by atoms with van der Waals surface area (Å²) in [5, 5.41) is 6.04. The number of carbonyl (C=O) groups excluding carboxylic acids is 1. The summed E-state index contributed by atoms with van der Waals surface area (Å²) in [7, 11) is 7.38. The van der Waals surface area contributed by atoms with Crippen LogP contribution in [-0.4, -0.2) is 59.6 Å². The predicted octanol–water partition coefficient (Wildman–Crippen LogP) is 5.49. The number of aryl methyl sites for hydroxylation is 1. The number of aromatic nitrogens is 3. The van der Waals surface area contributed by atoms with Gasteiger partial charge in [-0.1, -0.05) is 12.1 Å². The minimum atomic E-state index is -4.74. The highest BCUT2D eigenvalue weighted by Gasteiger charge is 2.36. The van der Waals surface area contributed by atoms with Gasteiger partial charge in [-0.05, 0) is 38.4 Å². The van der Waals surface area contributed by atoms with Crippen molar-refractivity contribution in [1.29, 1.82) is 0 Å². The zero-order valence-corrected chi connectivity index (χ0v) is 22.2. The Balaban J connectivity index is 1.75. The van der Waals surface area contributed by atoms with Crippen LogP contribution in [0.15, 0.2) is 48.8 Å². The van der Waals surface area contributed by atoms with Crippen molar-refractivity contribution in [2.24, 2.45) is 7.05 Å². The Morgan fingerprint density at radius 1 is 1.10 bits per heavy atom. The number of nitrogens with zero attached hydrogens (tertiary/aromatic N) is 5. The first-order valence-corrected chi connectivity index (χ1v) is 12.1. The van der Waals surface area contributed by atoms with Gasteiger partial charge in [-0.15, -0.1) is 0 Å². The molecule has 2 aromatic carbocycles. The molecule has 0 saturated carbocycles. The van der Waals surface area contributed by atoms with Crippen molar-refractivity contribution in [1.82, 2.24) is 19.4 Å². The maximum absolute atomic E-state index is 14.5. The van der Waals surface area contributed by atoms with Gasteiger partial charge in [-0.2, -0.15) is 13.2 Å². The molecule has 0 saturated heterocycles. The number of benzene rings is 2. The van der Waals surface area contributed by atoms with E-state index in [4.69, 9.17) is 0 Å². The summed E-state index contributed by atoms with van der Waals surface area (Å²) < 4.78 is 57.8. The first-order valence-electron chi connectivity index (χ1n) is 12.1. The standard InChI is InChI=1S/C27H29F4N7O/c1-16(39)33-22-13-17(9-10-23(22)37(4)12-11-36(2)3)34-26-32-14-20(27(29,30)31)24(35-26)19-15-38(5)25-18(19)7-6-8-21(25)28/h6-10,13-15H,11-12H2,1-5H3,(H,33,39)(H,32,34,35). The summed E-state index contributed by atoms with van der Waals surface area (Å²) in [6.45, 7) is 2.88. The molecule has 0 aliphatic rings. The van der Waals surface area contributed by atoms with Crippen LogP contribution in [0.4, 0.5) is 40.6 Å². The van der Waals surface area contributed by atoms with Crippen LogP contribution in [0, 0.1) is 5.82 Å². The second kappa shape index (κ2) is 10.9. The summed E-state index contributed by atoms with van der Waals surface area (Å²) in [6.07, 6.45) is -2.61. The summed E-state index contributed by atoms with van der Waals surface area (Å²) in [4.78, 5) is 24.0. The molecule has 0 bridgehead atoms. The van der Waals surface area contributed by atoms with Crippen molar-refractivity contribution in [2.75, 3.05) is 49.8 Å². The zero-order chi connectivity index (χ0) is 28.5. The first-order chi connectivity index (χ1) is 18.3. The topological polar surface area (TPSA) is 78.3 Å². The molecule has 0 atom stereocenters. The van der Waals surface area contributed by atoms with Crippen molar-refractivity contribution < 1.29 is 22.4 Å². The summed E-state index contributed by atoms with van der Waals surface area (Å²) >= 11 is 0. The smallest absolute Gasteiger partial charge is 0.372 e. The molecule has 2 N–H and O–H groups in total. The van der Waals surface area contributed by atoms with Gasteiger partial charge >= 0.3 is 6.18 Å². The molecule has 1 amide bonds. The normalized spacial score (nSPS) is 11.7. The van der Waals surface area contributed by atoms with Gasteiger partial charge in [0, 0.05) is 63.1 Å². The number of nitrogens with one attached hydrogen (secondary N) is 2. The lowest BCUT2D eigenvalue weighted by molar-refractivity contribution is -0.137. The molecule has 206 valence electrons. The number of hydrogen-bond donors (Lipinski definition) is 2. The van der Waals surface area contributed by atoms with Crippen LogP contribution in [-0.2, 0) is 18.0 Å². The van der Waals surface area contributed by atoms with Gasteiger partial charge in [0.05, 0.1) is 22.6 Å². The number of para-hydroxylation sites is 1. The van der Waals surface area contributed by atoms with Gasteiger partial charge in [0.2, 0.25) is 11.9 Å². The van der Waals surface area contributed by atoms with E-state index in [2.05, 4.69) is 20.6 Å². The Hall–Kier alpha value is -4.19. The molecule has 4 rings (SSSR count). The number of halogens is 4. The molecule has 0 unspecified atom stereocenters. The van der Waals surface area contributed by atoms with E-state index in [9.17, 15) is 22.4 Å². The van der Waals surface area contributed by atoms with E-state index in [1.807, 2.05) is 30.9 Å². The average molecular weight is 544 g/mol. The lowest BCUT2D eigenvalue weighted by Gasteiger charge is -2.24. The fourth-order valence-electron chi connectivity index (χ4n) is 4.30. The third-order valence-electron chi connectivity index (χ3n) is 6.16. The molecular weight excluding hydrogens is 514 g/mol. The van der Waals surface area contributed by atoms with Crippen LogP contribution in [0.2, 0.25) is 0 Å². The molecule has 0 fully saturated rings. The highest BCUT2D eigenvalue weighted by atomic mass is 19.4. The Morgan fingerprint density at radius 3 is 2.51 bits per heavy atom. The largest absolute Gasteiger partial charge is 0.419 e. The molecule has 2 aromatic heterocycles. The Labute approximate surface area is 223 Å². The maximum Gasteiger partial charge on any atom is 0.419 e. The molecule has 0 spiro atoms. The van der Waals surface area contributed by atoms with Crippen molar-refractivity contribution in [2.45, 2.75) is 13.1 Å². The number of carbonyl (C=O) groups is 1. The monoisotopic (exact) mass is 543 g/mol. The van der Waals surface area contributed by atoms with Crippen molar-refractivity contribution in [3.8, 4) is 11.3 Å². The number of amides is 1. The van der Waals surface area contributed by atoms with Crippen LogP contribution >= 0.6 is 0 Å². The SMILES string of the molecule is CC(=O)Nc1cc(Nc2ncc(C(F)(F)F)c(-c3cn(C)c4c(F)cccc34)n2)ccc1N(C)CCN(C)C. The highest BCUT2D eigenvalue weighted by molar-refractivity contribution is 5.96. The van der Waals surface area contributed by atoms with Crippen molar-refractivity contribution in [3.05, 3.63) is 60.2 Å². The van der Waals surface area contributed by atoms with Gasteiger partial charge in [0.15, 0.2) is 0 Å². The quantitative estimate of drug-likeness (QED) is 0.286. The summed E-state index contributed by atoms with van der Waals surface area (Å²) in [6, 6.07) is 9.42. The summed E-state index contributed by atoms with van der Waals surface area (Å²) in [5.74, 6) is -0.914. The van der Waals surface area contributed by atoms with E-state index in [0.717, 1.165) is 12.2 Å². The zero-order valence-electron chi connectivity index (χ0n) is 22.2. The summed E-state index contributed by atoms with van der Waals surface area (Å²) in [5.41, 5.74) is 0.622. The lowest BCUT2D eigenvalue weighted by atomic mass is 10.1. The average Bonchev–Trinajstić information content (AvgIpc) is 3.19. The highest BCUT2D eigenvalue weighted by Crippen LogP contribution is 2.40. The van der Waals surface area contributed by atoms with Crippen LogP contribution in [0.3, 0.4) is 0 Å². The minimum Gasteiger partial charge on any atom is -0.372 e. The van der Waals surface area contributed by atoms with Crippen LogP contribution in [0.25, 0.3) is 22.2 Å². The number of fused-ring (bicyclic) bond motifs is 1. The van der Waals surface area contributed by atoms with E-state index >= 15 is 0 Å². The maximum atomic E-state index is 14.5. The molecule has 4 aromatic rings. The van der Waals surface area contributed by atoms with E-state index in [0.29, 0.717) is 29.5 Å². The molecule has 12 heteroatoms. The fourth-order valence-corrected chi connectivity index (χ4v) is 4.30. The minimum absolute atomic E-state index is 0.0890. The number of alkyl halides is 3. The molecule has 2 heterocycles. The Kier molecular flexibility index (Phi) is 7.77. The fraction of sp³-hybridized carbons (Fsp3) is 0.296. The van der Waals surface area contributed by atoms with Crippen LogP contribution < -0.4 is 15.5 Å². The Morgan fingerprint density at radius 2 is 1.85 bits per heavy atom. The van der Waals surface area contributed by atoms with E-state index < -0.39 is 17.6 Å². The van der Waals surface area contributed by atoms with E-state index in [1.165, 1.54) is 29.8 Å². The molecule has 0 radical (unpaired) electrons. The third-order valence-corrected chi connectivity index (χ3v) is 6.16. The van der Waals surface area contributed by atoms with Gasteiger partial charge in [0.25, 0.3) is 0 Å². The second-order valence-electron chi connectivity index (χ2n) is 9.51.